The van der Waals surface area contributed by atoms with E-state index >= 15 is 0 Å². The fourth-order valence-corrected chi connectivity index (χ4v) is 4.35. The number of amides is 1. The molecular weight excluding hydrogens is 368 g/mol. The SMILES string of the molecule is O=C(NC1CCCCCC1)Oc1cccc(-c2cncc(-c3cccs3)c2)c1. The summed E-state index contributed by atoms with van der Waals surface area (Å²) in [5, 5.41) is 5.08. The maximum Gasteiger partial charge on any atom is 0.412 e. The number of nitrogens with zero attached hydrogens (tertiary/aromatic N) is 1. The van der Waals surface area contributed by atoms with Gasteiger partial charge in [-0.1, -0.05) is 43.9 Å². The molecule has 3 aromatic rings. The van der Waals surface area contributed by atoms with Gasteiger partial charge in [-0.2, -0.15) is 0 Å². The molecule has 0 atom stereocenters. The third-order valence-electron chi connectivity index (χ3n) is 5.10. The number of rotatable bonds is 4. The van der Waals surface area contributed by atoms with Crippen LogP contribution in [0.3, 0.4) is 0 Å². The highest BCUT2D eigenvalue weighted by atomic mass is 32.1. The summed E-state index contributed by atoms with van der Waals surface area (Å²) in [6, 6.07) is 14.1. The van der Waals surface area contributed by atoms with Crippen LogP contribution in [-0.4, -0.2) is 17.1 Å². The molecule has 0 saturated heterocycles. The number of hydrogen-bond acceptors (Lipinski definition) is 4. The first kappa shape index (κ1) is 18.7. The number of carbonyl (C=O) groups is 1. The quantitative estimate of drug-likeness (QED) is 0.531. The zero-order valence-electron chi connectivity index (χ0n) is 15.8. The highest BCUT2D eigenvalue weighted by Gasteiger charge is 2.16. The molecule has 0 spiro atoms. The number of aromatic nitrogens is 1. The minimum atomic E-state index is -0.366. The lowest BCUT2D eigenvalue weighted by atomic mass is 10.1. The topological polar surface area (TPSA) is 51.2 Å². The number of ether oxygens (including phenoxy) is 1. The van der Waals surface area contributed by atoms with Gasteiger partial charge in [-0.15, -0.1) is 11.3 Å². The van der Waals surface area contributed by atoms with Crippen LogP contribution in [0.1, 0.15) is 38.5 Å². The van der Waals surface area contributed by atoms with E-state index in [1.807, 2.05) is 42.7 Å². The number of nitrogens with one attached hydrogen (secondary N) is 1. The fraction of sp³-hybridized carbons (Fsp3) is 0.304. The number of hydrogen-bond donors (Lipinski definition) is 1. The van der Waals surface area contributed by atoms with Gasteiger partial charge in [0.1, 0.15) is 5.75 Å². The van der Waals surface area contributed by atoms with Gasteiger partial charge in [-0.3, -0.25) is 4.98 Å². The molecule has 0 unspecified atom stereocenters. The molecule has 1 N–H and O–H groups in total. The molecule has 1 aliphatic carbocycles. The Labute approximate surface area is 169 Å². The number of thiophene rings is 1. The molecule has 2 heterocycles. The van der Waals surface area contributed by atoms with Gasteiger partial charge in [0, 0.05) is 34.4 Å². The predicted octanol–water partition coefficient (Wildman–Crippen LogP) is 6.29. The molecule has 4 nitrogen and oxygen atoms in total. The number of benzene rings is 1. The summed E-state index contributed by atoms with van der Waals surface area (Å²) in [5.74, 6) is 0.546. The van der Waals surface area contributed by atoms with Gasteiger partial charge < -0.3 is 10.1 Å². The Hall–Kier alpha value is -2.66. The van der Waals surface area contributed by atoms with E-state index in [1.165, 1.54) is 30.6 Å². The molecule has 28 heavy (non-hydrogen) atoms. The predicted molar refractivity (Wildman–Crippen MR) is 114 cm³/mol. The van der Waals surface area contributed by atoms with Crippen molar-refractivity contribution in [3.05, 3.63) is 60.2 Å². The Morgan fingerprint density at radius 3 is 2.57 bits per heavy atom. The molecule has 0 bridgehead atoms. The van der Waals surface area contributed by atoms with Crippen LogP contribution in [0.4, 0.5) is 4.79 Å². The van der Waals surface area contributed by atoms with Crippen LogP contribution in [0.15, 0.2) is 60.2 Å². The average Bonchev–Trinajstić information content (AvgIpc) is 3.14. The van der Waals surface area contributed by atoms with Crippen molar-refractivity contribution in [2.75, 3.05) is 0 Å². The molecule has 4 rings (SSSR count). The van der Waals surface area contributed by atoms with Gasteiger partial charge in [0.05, 0.1) is 0 Å². The summed E-state index contributed by atoms with van der Waals surface area (Å²) in [7, 11) is 0. The maximum atomic E-state index is 12.3. The van der Waals surface area contributed by atoms with E-state index in [4.69, 9.17) is 4.74 Å². The van der Waals surface area contributed by atoms with Gasteiger partial charge in [-0.05, 0) is 48.1 Å². The summed E-state index contributed by atoms with van der Waals surface area (Å²) in [5.41, 5.74) is 3.07. The molecule has 0 radical (unpaired) electrons. The molecule has 1 saturated carbocycles. The van der Waals surface area contributed by atoms with Crippen LogP contribution in [-0.2, 0) is 0 Å². The van der Waals surface area contributed by atoms with E-state index in [1.54, 1.807) is 11.3 Å². The summed E-state index contributed by atoms with van der Waals surface area (Å²) in [4.78, 5) is 17.9. The van der Waals surface area contributed by atoms with Crippen LogP contribution in [0.2, 0.25) is 0 Å². The van der Waals surface area contributed by atoms with Crippen LogP contribution < -0.4 is 10.1 Å². The largest absolute Gasteiger partial charge is 0.412 e. The first-order valence-corrected chi connectivity index (χ1v) is 10.7. The molecule has 5 heteroatoms. The molecule has 1 aromatic carbocycles. The van der Waals surface area contributed by atoms with Gasteiger partial charge in [0.25, 0.3) is 0 Å². The number of carbonyl (C=O) groups excluding carboxylic acids is 1. The Kier molecular flexibility index (Phi) is 6.02. The van der Waals surface area contributed by atoms with Crippen LogP contribution in [0, 0.1) is 0 Å². The van der Waals surface area contributed by atoms with Gasteiger partial charge >= 0.3 is 6.09 Å². The van der Waals surface area contributed by atoms with E-state index in [0.29, 0.717) is 5.75 Å². The van der Waals surface area contributed by atoms with Crippen molar-refractivity contribution in [1.82, 2.24) is 10.3 Å². The van der Waals surface area contributed by atoms with Crippen LogP contribution in [0.25, 0.3) is 21.6 Å². The van der Waals surface area contributed by atoms with E-state index in [0.717, 1.165) is 29.5 Å². The summed E-state index contributed by atoms with van der Waals surface area (Å²) >= 11 is 1.69. The van der Waals surface area contributed by atoms with Gasteiger partial charge in [-0.25, -0.2) is 4.79 Å². The van der Waals surface area contributed by atoms with Crippen molar-refractivity contribution in [3.8, 4) is 27.3 Å². The monoisotopic (exact) mass is 392 g/mol. The summed E-state index contributed by atoms with van der Waals surface area (Å²) in [6.07, 6.45) is 10.3. The van der Waals surface area contributed by atoms with Crippen LogP contribution in [0.5, 0.6) is 5.75 Å². The Morgan fingerprint density at radius 2 is 1.79 bits per heavy atom. The van der Waals surface area contributed by atoms with Crippen LogP contribution >= 0.6 is 11.3 Å². The molecule has 1 amide bonds. The average molecular weight is 393 g/mol. The summed E-state index contributed by atoms with van der Waals surface area (Å²) in [6.45, 7) is 0. The van der Waals surface area contributed by atoms with Crippen molar-refractivity contribution < 1.29 is 9.53 Å². The Morgan fingerprint density at radius 1 is 0.964 bits per heavy atom. The second kappa shape index (κ2) is 9.02. The van der Waals surface area contributed by atoms with Crippen molar-refractivity contribution in [1.29, 1.82) is 0 Å². The fourth-order valence-electron chi connectivity index (χ4n) is 3.64. The lowest BCUT2D eigenvalue weighted by molar-refractivity contribution is 0.194. The lowest BCUT2D eigenvalue weighted by Gasteiger charge is -2.16. The molecule has 1 aliphatic rings. The van der Waals surface area contributed by atoms with E-state index in [2.05, 4.69) is 27.8 Å². The smallest absolute Gasteiger partial charge is 0.410 e. The second-order valence-electron chi connectivity index (χ2n) is 7.19. The van der Waals surface area contributed by atoms with E-state index < -0.39 is 0 Å². The highest BCUT2D eigenvalue weighted by molar-refractivity contribution is 7.13. The van der Waals surface area contributed by atoms with Crippen molar-refractivity contribution >= 4 is 17.4 Å². The zero-order valence-corrected chi connectivity index (χ0v) is 16.6. The molecule has 0 aliphatic heterocycles. The lowest BCUT2D eigenvalue weighted by Crippen LogP contribution is -2.36. The Balaban J connectivity index is 1.46. The molecule has 1 fully saturated rings. The first-order valence-electron chi connectivity index (χ1n) is 9.86. The van der Waals surface area contributed by atoms with E-state index in [-0.39, 0.29) is 12.1 Å². The molecule has 2 aromatic heterocycles. The van der Waals surface area contributed by atoms with Crippen molar-refractivity contribution in [2.24, 2.45) is 0 Å². The Bertz CT molecular complexity index is 916. The number of pyridine rings is 1. The van der Waals surface area contributed by atoms with Crippen molar-refractivity contribution in [3.63, 3.8) is 0 Å². The maximum absolute atomic E-state index is 12.3. The van der Waals surface area contributed by atoms with E-state index in [9.17, 15) is 4.79 Å². The van der Waals surface area contributed by atoms with Gasteiger partial charge in [0.15, 0.2) is 0 Å². The summed E-state index contributed by atoms with van der Waals surface area (Å²) < 4.78 is 5.55. The zero-order chi connectivity index (χ0) is 19.2. The minimum Gasteiger partial charge on any atom is -0.410 e. The molecular formula is C23H24N2O2S. The third-order valence-corrected chi connectivity index (χ3v) is 6.02. The second-order valence-corrected chi connectivity index (χ2v) is 8.14. The third kappa shape index (κ3) is 4.78. The van der Waals surface area contributed by atoms with Crippen molar-refractivity contribution in [2.45, 2.75) is 44.6 Å². The standard InChI is InChI=1S/C23H24N2O2S/c26-23(25-20-8-3-1-2-4-9-20)27-21-10-5-7-17(14-21)18-13-19(16-24-15-18)22-11-6-12-28-22/h5-7,10-16,20H,1-4,8-9H2,(H,25,26). The first-order chi connectivity index (χ1) is 13.8. The van der Waals surface area contributed by atoms with Gasteiger partial charge in [0.2, 0.25) is 0 Å². The minimum absolute atomic E-state index is 0.227. The molecule has 144 valence electrons. The normalized spacial score (nSPS) is 15.0. The highest BCUT2D eigenvalue weighted by Crippen LogP contribution is 2.29.